The Morgan fingerprint density at radius 1 is 1.10 bits per heavy atom. The van der Waals surface area contributed by atoms with Crippen LogP contribution in [0.5, 0.6) is 0 Å². The average Bonchev–Trinajstić information content (AvgIpc) is 2.60. The van der Waals surface area contributed by atoms with E-state index in [1.54, 1.807) is 19.1 Å². The fourth-order valence-corrected chi connectivity index (χ4v) is 3.75. The molecular formula is C21H25F2NO4S. The number of carboxylic acid groups (broad SMARTS) is 1. The maximum atomic E-state index is 15.1. The molecular weight excluding hydrogens is 400 g/mol. The van der Waals surface area contributed by atoms with Gasteiger partial charge in [-0.3, -0.25) is 4.79 Å². The minimum absolute atomic E-state index is 0.158. The molecule has 158 valence electrons. The molecule has 8 heteroatoms. The number of aryl methyl sites for hydroxylation is 1. The number of alkyl halides is 2. The highest BCUT2D eigenvalue weighted by atomic mass is 32.2. The summed E-state index contributed by atoms with van der Waals surface area (Å²) in [7, 11) is -3.90. The lowest BCUT2D eigenvalue weighted by atomic mass is 9.93. The van der Waals surface area contributed by atoms with Gasteiger partial charge in [-0.1, -0.05) is 42.5 Å². The van der Waals surface area contributed by atoms with Crippen molar-refractivity contribution in [1.29, 1.82) is 0 Å². The Labute approximate surface area is 169 Å². The first-order chi connectivity index (χ1) is 13.3. The summed E-state index contributed by atoms with van der Waals surface area (Å²) in [5.74, 6) is -4.57. The molecule has 0 fully saturated rings. The zero-order valence-electron chi connectivity index (χ0n) is 16.7. The number of nitrogens with one attached hydrogen (secondary N) is 1. The van der Waals surface area contributed by atoms with Crippen LogP contribution >= 0.6 is 0 Å². The van der Waals surface area contributed by atoms with E-state index < -0.39 is 39.1 Å². The third kappa shape index (κ3) is 5.19. The quantitative estimate of drug-likeness (QED) is 0.690. The van der Waals surface area contributed by atoms with E-state index >= 15 is 8.78 Å². The molecule has 2 aromatic rings. The van der Waals surface area contributed by atoms with Crippen molar-refractivity contribution in [3.63, 3.8) is 0 Å². The molecule has 0 saturated heterocycles. The monoisotopic (exact) mass is 425 g/mol. The number of aliphatic carboxylic acids is 1. The van der Waals surface area contributed by atoms with Gasteiger partial charge in [0.15, 0.2) is 0 Å². The highest BCUT2D eigenvalue weighted by Gasteiger charge is 2.37. The standard InChI is InChI=1S/C21H25F2NO4S/c1-14-8-5-6-11-17(14)21(22,23)16-10-7-9-15(12-16)18(13-19(25)26)24-29(27,28)20(2,3)4/h5-12,18,24H,13H2,1-4H3,(H,25,26)/t18-/m0/s1. The Morgan fingerprint density at radius 2 is 1.72 bits per heavy atom. The van der Waals surface area contributed by atoms with E-state index in [-0.39, 0.29) is 16.7 Å². The summed E-state index contributed by atoms with van der Waals surface area (Å²) in [4.78, 5) is 11.3. The van der Waals surface area contributed by atoms with Crippen molar-refractivity contribution in [2.75, 3.05) is 0 Å². The summed E-state index contributed by atoms with van der Waals surface area (Å²) in [5, 5.41) is 9.21. The summed E-state index contributed by atoms with van der Waals surface area (Å²) in [5.41, 5.74) is 0.0706. The Hall–Kier alpha value is -2.32. The molecule has 0 aliphatic heterocycles. The van der Waals surface area contributed by atoms with E-state index in [9.17, 15) is 18.3 Å². The van der Waals surface area contributed by atoms with E-state index in [1.807, 2.05) is 0 Å². The second-order valence-electron chi connectivity index (χ2n) is 7.90. The molecule has 0 spiro atoms. The smallest absolute Gasteiger partial charge is 0.305 e. The van der Waals surface area contributed by atoms with Gasteiger partial charge in [-0.25, -0.2) is 13.1 Å². The highest BCUT2D eigenvalue weighted by Crippen LogP contribution is 2.38. The van der Waals surface area contributed by atoms with Crippen LogP contribution in [0, 0.1) is 6.92 Å². The lowest BCUT2D eigenvalue weighted by Gasteiger charge is -2.26. The van der Waals surface area contributed by atoms with E-state index in [0.717, 1.165) is 6.07 Å². The average molecular weight is 425 g/mol. The normalized spacial score (nSPS) is 13.9. The van der Waals surface area contributed by atoms with Crippen LogP contribution in [0.15, 0.2) is 48.5 Å². The van der Waals surface area contributed by atoms with Crippen molar-refractivity contribution >= 4 is 16.0 Å². The highest BCUT2D eigenvalue weighted by molar-refractivity contribution is 7.90. The van der Waals surface area contributed by atoms with Gasteiger partial charge in [0.1, 0.15) is 0 Å². The number of rotatable bonds is 7. The maximum absolute atomic E-state index is 15.1. The minimum atomic E-state index is -3.90. The van der Waals surface area contributed by atoms with Crippen LogP contribution in [0.3, 0.4) is 0 Å². The first kappa shape index (κ1) is 23.0. The van der Waals surface area contributed by atoms with Gasteiger partial charge in [0, 0.05) is 11.1 Å². The van der Waals surface area contributed by atoms with Crippen LogP contribution in [-0.4, -0.2) is 24.2 Å². The summed E-state index contributed by atoms with van der Waals surface area (Å²) in [6.07, 6.45) is -0.575. The number of benzene rings is 2. The SMILES string of the molecule is Cc1ccccc1C(F)(F)c1cccc([C@H](CC(=O)O)NS(=O)(=O)C(C)(C)C)c1. The molecule has 0 aliphatic carbocycles. The number of hydrogen-bond acceptors (Lipinski definition) is 3. The number of halogens is 2. The molecule has 0 aliphatic rings. The molecule has 0 bridgehead atoms. The predicted octanol–water partition coefficient (Wildman–Crippen LogP) is 4.37. The van der Waals surface area contributed by atoms with Crippen LogP contribution < -0.4 is 4.72 Å². The molecule has 0 saturated carbocycles. The lowest BCUT2D eigenvalue weighted by Crippen LogP contribution is -2.41. The van der Waals surface area contributed by atoms with Crippen molar-refractivity contribution in [3.05, 3.63) is 70.8 Å². The van der Waals surface area contributed by atoms with Crippen LogP contribution in [-0.2, 0) is 20.7 Å². The Bertz CT molecular complexity index is 998. The molecule has 29 heavy (non-hydrogen) atoms. The summed E-state index contributed by atoms with van der Waals surface area (Å²) in [6.45, 7) is 5.99. The zero-order chi connectivity index (χ0) is 22.0. The zero-order valence-corrected chi connectivity index (χ0v) is 17.6. The van der Waals surface area contributed by atoms with Crippen molar-refractivity contribution in [3.8, 4) is 0 Å². The largest absolute Gasteiger partial charge is 0.481 e. The lowest BCUT2D eigenvalue weighted by molar-refractivity contribution is -0.137. The molecule has 5 nitrogen and oxygen atoms in total. The Kier molecular flexibility index (Phi) is 6.49. The van der Waals surface area contributed by atoms with Gasteiger partial charge in [0.2, 0.25) is 10.0 Å². The van der Waals surface area contributed by atoms with Crippen molar-refractivity contribution < 1.29 is 27.1 Å². The molecule has 1 atom stereocenters. The number of sulfonamides is 1. The molecule has 2 aromatic carbocycles. The molecule has 0 radical (unpaired) electrons. The van der Waals surface area contributed by atoms with Gasteiger partial charge in [-0.2, -0.15) is 8.78 Å². The van der Waals surface area contributed by atoms with Crippen molar-refractivity contribution in [1.82, 2.24) is 4.72 Å². The molecule has 0 unspecified atom stereocenters. The van der Waals surface area contributed by atoms with E-state index in [2.05, 4.69) is 4.72 Å². The molecule has 2 N–H and O–H groups in total. The van der Waals surface area contributed by atoms with Crippen LogP contribution in [0.4, 0.5) is 8.78 Å². The van der Waals surface area contributed by atoms with E-state index in [0.29, 0.717) is 5.56 Å². The first-order valence-corrected chi connectivity index (χ1v) is 10.5. The van der Waals surface area contributed by atoms with Crippen LogP contribution in [0.2, 0.25) is 0 Å². The molecule has 0 aromatic heterocycles. The van der Waals surface area contributed by atoms with Gasteiger partial charge in [0.05, 0.1) is 17.2 Å². The van der Waals surface area contributed by atoms with Gasteiger partial charge in [0.25, 0.3) is 5.92 Å². The maximum Gasteiger partial charge on any atom is 0.305 e. The minimum Gasteiger partial charge on any atom is -0.481 e. The van der Waals surface area contributed by atoms with E-state index in [1.165, 1.54) is 51.1 Å². The number of carboxylic acids is 1. The summed E-state index contributed by atoms with van der Waals surface area (Å²) >= 11 is 0. The fraction of sp³-hybridized carbons (Fsp3) is 0.381. The second-order valence-corrected chi connectivity index (χ2v) is 10.4. The number of carbonyl (C=O) groups is 1. The third-order valence-electron chi connectivity index (χ3n) is 4.62. The van der Waals surface area contributed by atoms with Gasteiger partial charge < -0.3 is 5.11 Å². The second kappa shape index (κ2) is 8.20. The molecule has 2 rings (SSSR count). The summed E-state index contributed by atoms with van der Waals surface area (Å²) < 4.78 is 56.4. The van der Waals surface area contributed by atoms with Gasteiger partial charge >= 0.3 is 5.97 Å². The Balaban J connectivity index is 2.50. The van der Waals surface area contributed by atoms with E-state index in [4.69, 9.17) is 0 Å². The van der Waals surface area contributed by atoms with Gasteiger partial charge in [-0.05, 0) is 44.9 Å². The first-order valence-electron chi connectivity index (χ1n) is 9.04. The fourth-order valence-electron chi connectivity index (χ4n) is 2.80. The number of hydrogen-bond donors (Lipinski definition) is 2. The predicted molar refractivity (Wildman–Crippen MR) is 107 cm³/mol. The van der Waals surface area contributed by atoms with Crippen molar-refractivity contribution in [2.45, 2.75) is 50.8 Å². The third-order valence-corrected chi connectivity index (χ3v) is 6.82. The Morgan fingerprint density at radius 3 is 2.28 bits per heavy atom. The van der Waals surface area contributed by atoms with Crippen LogP contribution in [0.1, 0.15) is 55.5 Å². The topological polar surface area (TPSA) is 83.5 Å². The molecule has 0 heterocycles. The van der Waals surface area contributed by atoms with Gasteiger partial charge in [-0.15, -0.1) is 0 Å². The van der Waals surface area contributed by atoms with Crippen LogP contribution in [0.25, 0.3) is 0 Å². The van der Waals surface area contributed by atoms with Crippen molar-refractivity contribution in [2.24, 2.45) is 0 Å². The summed E-state index contributed by atoms with van der Waals surface area (Å²) in [6, 6.07) is 10.1. The molecule has 0 amide bonds.